The van der Waals surface area contributed by atoms with E-state index in [1.807, 2.05) is 44.2 Å². The first-order chi connectivity index (χ1) is 7.91. The molecule has 2 nitrogen and oxygen atoms in total. The highest BCUT2D eigenvalue weighted by Crippen LogP contribution is 2.38. The zero-order valence-corrected chi connectivity index (χ0v) is 11.1. The maximum Gasteiger partial charge on any atom is 0.314 e. The van der Waals surface area contributed by atoms with E-state index in [4.69, 9.17) is 0 Å². The zero-order valence-electron chi connectivity index (χ0n) is 11.1. The summed E-state index contributed by atoms with van der Waals surface area (Å²) in [5, 5.41) is 9.70. The molecule has 17 heavy (non-hydrogen) atoms. The van der Waals surface area contributed by atoms with Gasteiger partial charge >= 0.3 is 5.97 Å². The first-order valence-electron chi connectivity index (χ1n) is 6.20. The minimum Gasteiger partial charge on any atom is -0.481 e. The lowest BCUT2D eigenvalue weighted by Crippen LogP contribution is -2.42. The fourth-order valence-corrected chi connectivity index (χ4v) is 2.52. The van der Waals surface area contributed by atoms with Crippen LogP contribution in [-0.2, 0) is 10.2 Å². The standard InChI is InChI=1S/C15H22O2/c1-11(2)10-15(12(3)4,14(16)17)13-8-6-5-7-9-13/h5-9,11-12H,10H2,1-4H3,(H,16,17). The lowest BCUT2D eigenvalue weighted by Gasteiger charge is -2.35. The summed E-state index contributed by atoms with van der Waals surface area (Å²) in [5.41, 5.74) is 0.145. The highest BCUT2D eigenvalue weighted by molar-refractivity contribution is 5.81. The van der Waals surface area contributed by atoms with Crippen molar-refractivity contribution in [3.05, 3.63) is 35.9 Å². The molecule has 1 rings (SSSR count). The van der Waals surface area contributed by atoms with Gasteiger partial charge in [0.25, 0.3) is 0 Å². The lowest BCUT2D eigenvalue weighted by atomic mass is 9.67. The largest absolute Gasteiger partial charge is 0.481 e. The molecule has 0 saturated carbocycles. The van der Waals surface area contributed by atoms with E-state index in [-0.39, 0.29) is 5.92 Å². The Labute approximate surface area is 104 Å². The van der Waals surface area contributed by atoms with E-state index in [0.29, 0.717) is 12.3 Å². The van der Waals surface area contributed by atoms with Crippen LogP contribution in [0, 0.1) is 11.8 Å². The maximum absolute atomic E-state index is 11.8. The Hall–Kier alpha value is -1.31. The van der Waals surface area contributed by atoms with E-state index in [1.165, 1.54) is 0 Å². The van der Waals surface area contributed by atoms with Crippen molar-refractivity contribution in [1.29, 1.82) is 0 Å². The highest BCUT2D eigenvalue weighted by Gasteiger charge is 2.43. The Morgan fingerprint density at radius 1 is 1.18 bits per heavy atom. The Kier molecular flexibility index (Phi) is 4.33. The lowest BCUT2D eigenvalue weighted by molar-refractivity contribution is -0.146. The summed E-state index contributed by atoms with van der Waals surface area (Å²) in [6, 6.07) is 9.60. The van der Waals surface area contributed by atoms with Gasteiger partial charge in [0, 0.05) is 0 Å². The fraction of sp³-hybridized carbons (Fsp3) is 0.533. The van der Waals surface area contributed by atoms with Gasteiger partial charge in [0.15, 0.2) is 0 Å². The summed E-state index contributed by atoms with van der Waals surface area (Å²) < 4.78 is 0. The quantitative estimate of drug-likeness (QED) is 0.843. The minimum atomic E-state index is -0.768. The minimum absolute atomic E-state index is 0.0739. The molecule has 0 bridgehead atoms. The molecule has 0 fully saturated rings. The van der Waals surface area contributed by atoms with Crippen LogP contribution in [0.4, 0.5) is 0 Å². The predicted octanol–water partition coefficient (Wildman–Crippen LogP) is 3.71. The van der Waals surface area contributed by atoms with E-state index in [2.05, 4.69) is 13.8 Å². The van der Waals surface area contributed by atoms with Crippen LogP contribution in [0.2, 0.25) is 0 Å². The average molecular weight is 234 g/mol. The second kappa shape index (κ2) is 5.35. The van der Waals surface area contributed by atoms with Crippen LogP contribution < -0.4 is 0 Å². The molecule has 0 aliphatic heterocycles. The Morgan fingerprint density at radius 3 is 2.06 bits per heavy atom. The highest BCUT2D eigenvalue weighted by atomic mass is 16.4. The molecule has 1 atom stereocenters. The van der Waals surface area contributed by atoms with Crippen LogP contribution in [0.25, 0.3) is 0 Å². The molecule has 0 aliphatic rings. The molecule has 0 radical (unpaired) electrons. The molecule has 1 unspecified atom stereocenters. The number of carboxylic acid groups (broad SMARTS) is 1. The number of rotatable bonds is 5. The third kappa shape index (κ3) is 2.68. The van der Waals surface area contributed by atoms with Gasteiger partial charge in [-0.1, -0.05) is 58.0 Å². The number of benzene rings is 1. The van der Waals surface area contributed by atoms with Gasteiger partial charge in [0.05, 0.1) is 5.41 Å². The van der Waals surface area contributed by atoms with E-state index < -0.39 is 11.4 Å². The van der Waals surface area contributed by atoms with Crippen molar-refractivity contribution < 1.29 is 9.90 Å². The monoisotopic (exact) mass is 234 g/mol. The summed E-state index contributed by atoms with van der Waals surface area (Å²) >= 11 is 0. The van der Waals surface area contributed by atoms with Crippen LogP contribution in [-0.4, -0.2) is 11.1 Å². The summed E-state index contributed by atoms with van der Waals surface area (Å²) in [7, 11) is 0. The molecule has 2 heteroatoms. The van der Waals surface area contributed by atoms with Crippen molar-refractivity contribution in [2.24, 2.45) is 11.8 Å². The second-order valence-corrected chi connectivity index (χ2v) is 5.40. The number of carboxylic acids is 1. The first-order valence-corrected chi connectivity index (χ1v) is 6.20. The molecular formula is C15H22O2. The van der Waals surface area contributed by atoms with Crippen molar-refractivity contribution in [1.82, 2.24) is 0 Å². The van der Waals surface area contributed by atoms with Crippen LogP contribution in [0.15, 0.2) is 30.3 Å². The number of carbonyl (C=O) groups is 1. The second-order valence-electron chi connectivity index (χ2n) is 5.40. The molecule has 1 aromatic rings. The van der Waals surface area contributed by atoms with Gasteiger partial charge in [-0.25, -0.2) is 0 Å². The third-order valence-corrected chi connectivity index (χ3v) is 3.39. The summed E-state index contributed by atoms with van der Waals surface area (Å²) in [4.78, 5) is 11.8. The topological polar surface area (TPSA) is 37.3 Å². The van der Waals surface area contributed by atoms with Crippen molar-refractivity contribution >= 4 is 5.97 Å². The molecule has 0 saturated heterocycles. The van der Waals surface area contributed by atoms with Crippen molar-refractivity contribution in [2.45, 2.75) is 39.5 Å². The van der Waals surface area contributed by atoms with Crippen LogP contribution in [0.3, 0.4) is 0 Å². The third-order valence-electron chi connectivity index (χ3n) is 3.39. The van der Waals surface area contributed by atoms with Crippen LogP contribution in [0.1, 0.15) is 39.7 Å². The Balaban J connectivity index is 3.30. The first kappa shape index (κ1) is 13.8. The Bertz CT molecular complexity index is 368. The average Bonchev–Trinajstić information content (AvgIpc) is 2.25. The molecular weight excluding hydrogens is 212 g/mol. The zero-order chi connectivity index (χ0) is 13.1. The van der Waals surface area contributed by atoms with Crippen molar-refractivity contribution in [2.75, 3.05) is 0 Å². The van der Waals surface area contributed by atoms with Gasteiger partial charge < -0.3 is 5.11 Å². The molecule has 0 aliphatic carbocycles. The smallest absolute Gasteiger partial charge is 0.314 e. The van der Waals surface area contributed by atoms with E-state index in [9.17, 15) is 9.90 Å². The van der Waals surface area contributed by atoms with Gasteiger partial charge in [0.2, 0.25) is 0 Å². The molecule has 94 valence electrons. The van der Waals surface area contributed by atoms with Crippen molar-refractivity contribution in [3.8, 4) is 0 Å². The number of hydrogen-bond acceptors (Lipinski definition) is 1. The predicted molar refractivity (Wildman–Crippen MR) is 70.0 cm³/mol. The van der Waals surface area contributed by atoms with Gasteiger partial charge in [-0.15, -0.1) is 0 Å². The number of hydrogen-bond donors (Lipinski definition) is 1. The normalized spacial score (nSPS) is 14.9. The van der Waals surface area contributed by atoms with Gasteiger partial charge in [-0.05, 0) is 23.8 Å². The van der Waals surface area contributed by atoms with Gasteiger partial charge in [0.1, 0.15) is 0 Å². The molecule has 1 N–H and O–H groups in total. The SMILES string of the molecule is CC(C)CC(C(=O)O)(c1ccccc1)C(C)C. The maximum atomic E-state index is 11.8. The summed E-state index contributed by atoms with van der Waals surface area (Å²) in [5.74, 6) is -0.286. The van der Waals surface area contributed by atoms with Crippen LogP contribution >= 0.6 is 0 Å². The number of aliphatic carboxylic acids is 1. The van der Waals surface area contributed by atoms with E-state index >= 15 is 0 Å². The molecule has 0 amide bonds. The molecule has 0 spiro atoms. The Morgan fingerprint density at radius 2 is 1.71 bits per heavy atom. The molecule has 0 aromatic heterocycles. The summed E-state index contributed by atoms with van der Waals surface area (Å²) in [6.45, 7) is 8.12. The molecule has 0 heterocycles. The van der Waals surface area contributed by atoms with Gasteiger partial charge in [-0.3, -0.25) is 4.79 Å². The van der Waals surface area contributed by atoms with Crippen LogP contribution in [0.5, 0.6) is 0 Å². The summed E-state index contributed by atoms with van der Waals surface area (Å²) in [6.07, 6.45) is 0.671. The fourth-order valence-electron chi connectivity index (χ4n) is 2.52. The van der Waals surface area contributed by atoms with Crippen molar-refractivity contribution in [3.63, 3.8) is 0 Å². The molecule has 1 aromatic carbocycles. The van der Waals surface area contributed by atoms with E-state index in [0.717, 1.165) is 5.56 Å². The van der Waals surface area contributed by atoms with E-state index in [1.54, 1.807) is 0 Å². The van der Waals surface area contributed by atoms with Gasteiger partial charge in [-0.2, -0.15) is 0 Å².